The molecule has 0 aliphatic carbocycles. The summed E-state index contributed by atoms with van der Waals surface area (Å²) in [6, 6.07) is 2.85. The van der Waals surface area contributed by atoms with Gasteiger partial charge in [-0.25, -0.2) is 9.37 Å². The fourth-order valence-corrected chi connectivity index (χ4v) is 0.762. The Balaban J connectivity index is 2.63. The number of pyridine rings is 1. The first-order valence-electron chi connectivity index (χ1n) is 3.38. The first-order chi connectivity index (χ1) is 5.70. The predicted octanol–water partition coefficient (Wildman–Crippen LogP) is 2.39. The molecule has 1 N–H and O–H groups in total. The second-order valence-corrected chi connectivity index (χ2v) is 2.74. The lowest BCUT2D eigenvalue weighted by molar-refractivity contribution is 0.625. The number of anilines is 1. The summed E-state index contributed by atoms with van der Waals surface area (Å²) in [5.74, 6) is -0.199. The van der Waals surface area contributed by atoms with Gasteiger partial charge in [-0.3, -0.25) is 0 Å². The summed E-state index contributed by atoms with van der Waals surface area (Å²) < 4.78 is 12.8. The van der Waals surface area contributed by atoms with Crippen LogP contribution in [-0.2, 0) is 0 Å². The minimum absolute atomic E-state index is 0.194. The summed E-state index contributed by atoms with van der Waals surface area (Å²) in [5.41, 5.74) is 0. The summed E-state index contributed by atoms with van der Waals surface area (Å²) in [5, 5.41) is 3.11. The number of nitrogens with one attached hydrogen (secondary N) is 1. The second-order valence-electron chi connectivity index (χ2n) is 2.20. The van der Waals surface area contributed by atoms with Crippen molar-refractivity contribution in [2.45, 2.75) is 0 Å². The largest absolute Gasteiger partial charge is 0.363 e. The van der Waals surface area contributed by atoms with E-state index in [4.69, 9.17) is 11.6 Å². The Hall–Kier alpha value is -1.09. The van der Waals surface area contributed by atoms with E-state index in [0.29, 0.717) is 11.6 Å². The Morgan fingerprint density at radius 1 is 1.75 bits per heavy atom. The fraction of sp³-hybridized carbons (Fsp3) is 0.125. The van der Waals surface area contributed by atoms with Gasteiger partial charge in [0.1, 0.15) is 0 Å². The van der Waals surface area contributed by atoms with Gasteiger partial charge in [-0.15, -0.1) is 0 Å². The zero-order valence-electron chi connectivity index (χ0n) is 6.35. The van der Waals surface area contributed by atoms with Crippen molar-refractivity contribution in [3.63, 3.8) is 0 Å². The number of aromatic nitrogens is 1. The fourth-order valence-electron chi connectivity index (χ4n) is 0.695. The van der Waals surface area contributed by atoms with Crippen LogP contribution >= 0.6 is 11.6 Å². The van der Waals surface area contributed by atoms with Gasteiger partial charge >= 0.3 is 0 Å². The highest BCUT2D eigenvalue weighted by Crippen LogP contribution is 2.09. The van der Waals surface area contributed by atoms with Crippen LogP contribution < -0.4 is 5.32 Å². The molecule has 0 aliphatic heterocycles. The minimum Gasteiger partial charge on any atom is -0.363 e. The molecule has 1 aromatic rings. The van der Waals surface area contributed by atoms with Crippen LogP contribution in [-0.4, -0.2) is 11.5 Å². The predicted molar refractivity (Wildman–Crippen MR) is 47.7 cm³/mol. The van der Waals surface area contributed by atoms with Gasteiger partial charge in [0.05, 0.1) is 6.54 Å². The normalized spacial score (nSPS) is 9.50. The van der Waals surface area contributed by atoms with Gasteiger partial charge in [0.15, 0.2) is 11.6 Å². The van der Waals surface area contributed by atoms with Crippen molar-refractivity contribution in [2.75, 3.05) is 11.9 Å². The lowest BCUT2D eigenvalue weighted by atomic mass is 10.4. The molecule has 0 unspecified atom stereocenters. The molecule has 1 heterocycles. The van der Waals surface area contributed by atoms with E-state index in [2.05, 4.69) is 16.9 Å². The standard InChI is InChI=1S/C8H8ClFN2/c1-6(9)5-12-8-7(10)3-2-4-11-8/h2-4H,1,5H2,(H,11,12). The molecule has 64 valence electrons. The van der Waals surface area contributed by atoms with Crippen molar-refractivity contribution >= 4 is 17.4 Å². The molecule has 0 saturated carbocycles. The van der Waals surface area contributed by atoms with Crippen LogP contribution in [0.3, 0.4) is 0 Å². The van der Waals surface area contributed by atoms with Gasteiger partial charge in [-0.2, -0.15) is 0 Å². The average Bonchev–Trinajstić information content (AvgIpc) is 2.03. The van der Waals surface area contributed by atoms with Crippen molar-refractivity contribution < 1.29 is 4.39 Å². The molecule has 0 bridgehead atoms. The number of hydrogen-bond acceptors (Lipinski definition) is 2. The van der Waals surface area contributed by atoms with E-state index in [1.165, 1.54) is 18.3 Å². The lowest BCUT2D eigenvalue weighted by Crippen LogP contribution is -2.04. The number of halogens is 2. The van der Waals surface area contributed by atoms with Crippen LogP contribution in [0.25, 0.3) is 0 Å². The van der Waals surface area contributed by atoms with E-state index < -0.39 is 5.82 Å². The topological polar surface area (TPSA) is 24.9 Å². The Kier molecular flexibility index (Phi) is 3.05. The van der Waals surface area contributed by atoms with Gasteiger partial charge < -0.3 is 5.32 Å². The summed E-state index contributed by atoms with van der Waals surface area (Å²) >= 11 is 5.47. The highest BCUT2D eigenvalue weighted by atomic mass is 35.5. The van der Waals surface area contributed by atoms with E-state index in [-0.39, 0.29) is 5.82 Å². The molecule has 0 fully saturated rings. The third kappa shape index (κ3) is 2.51. The average molecular weight is 187 g/mol. The van der Waals surface area contributed by atoms with E-state index in [1.807, 2.05) is 0 Å². The van der Waals surface area contributed by atoms with Gasteiger partial charge in [0.25, 0.3) is 0 Å². The Morgan fingerprint density at radius 3 is 3.08 bits per heavy atom. The lowest BCUT2D eigenvalue weighted by Gasteiger charge is -2.03. The zero-order chi connectivity index (χ0) is 8.97. The first-order valence-corrected chi connectivity index (χ1v) is 3.75. The third-order valence-electron chi connectivity index (χ3n) is 1.21. The van der Waals surface area contributed by atoms with E-state index in [1.54, 1.807) is 0 Å². The minimum atomic E-state index is -0.393. The molecule has 1 rings (SSSR count). The summed E-state index contributed by atoms with van der Waals surface area (Å²) in [7, 11) is 0. The number of rotatable bonds is 3. The van der Waals surface area contributed by atoms with Crippen LogP contribution in [0.1, 0.15) is 0 Å². The molecular weight excluding hydrogens is 179 g/mol. The highest BCUT2D eigenvalue weighted by Gasteiger charge is 1.99. The van der Waals surface area contributed by atoms with Crippen LogP contribution in [0, 0.1) is 5.82 Å². The van der Waals surface area contributed by atoms with Crippen LogP contribution in [0.4, 0.5) is 10.2 Å². The smallest absolute Gasteiger partial charge is 0.165 e. The highest BCUT2D eigenvalue weighted by molar-refractivity contribution is 6.29. The van der Waals surface area contributed by atoms with Gasteiger partial charge in [0.2, 0.25) is 0 Å². The Morgan fingerprint density at radius 2 is 2.50 bits per heavy atom. The van der Waals surface area contributed by atoms with Gasteiger partial charge in [-0.1, -0.05) is 18.2 Å². The van der Waals surface area contributed by atoms with Crippen molar-refractivity contribution in [3.05, 3.63) is 35.8 Å². The Labute approximate surface area is 75.1 Å². The molecule has 4 heteroatoms. The van der Waals surface area contributed by atoms with Crippen LogP contribution in [0.2, 0.25) is 0 Å². The van der Waals surface area contributed by atoms with Gasteiger partial charge in [-0.05, 0) is 12.1 Å². The molecular formula is C8H8ClFN2. The first kappa shape index (κ1) is 9.00. The monoisotopic (exact) mass is 186 g/mol. The third-order valence-corrected chi connectivity index (χ3v) is 1.34. The maximum atomic E-state index is 12.8. The van der Waals surface area contributed by atoms with E-state index >= 15 is 0 Å². The zero-order valence-corrected chi connectivity index (χ0v) is 7.11. The molecule has 0 amide bonds. The molecule has 1 aromatic heterocycles. The van der Waals surface area contributed by atoms with E-state index in [9.17, 15) is 4.39 Å². The van der Waals surface area contributed by atoms with E-state index in [0.717, 1.165) is 0 Å². The number of hydrogen-bond donors (Lipinski definition) is 1. The molecule has 0 atom stereocenters. The van der Waals surface area contributed by atoms with Crippen molar-refractivity contribution in [1.82, 2.24) is 4.98 Å². The number of nitrogens with zero attached hydrogens (tertiary/aromatic N) is 1. The maximum absolute atomic E-state index is 12.8. The molecule has 0 saturated heterocycles. The van der Waals surface area contributed by atoms with Crippen LogP contribution in [0.15, 0.2) is 29.9 Å². The molecule has 0 spiro atoms. The van der Waals surface area contributed by atoms with Gasteiger partial charge in [0, 0.05) is 11.2 Å². The summed E-state index contributed by atoms with van der Waals surface area (Å²) in [6.45, 7) is 3.77. The molecule has 2 nitrogen and oxygen atoms in total. The van der Waals surface area contributed by atoms with Crippen molar-refractivity contribution in [2.24, 2.45) is 0 Å². The van der Waals surface area contributed by atoms with Crippen molar-refractivity contribution in [3.8, 4) is 0 Å². The molecule has 0 radical (unpaired) electrons. The molecule has 0 aliphatic rings. The Bertz CT molecular complexity index is 288. The maximum Gasteiger partial charge on any atom is 0.165 e. The second kappa shape index (κ2) is 4.07. The molecule has 0 aromatic carbocycles. The molecule has 12 heavy (non-hydrogen) atoms. The summed E-state index contributed by atoms with van der Waals surface area (Å²) in [6.07, 6.45) is 1.50. The SMILES string of the molecule is C=C(Cl)CNc1ncccc1F. The van der Waals surface area contributed by atoms with Crippen LogP contribution in [0.5, 0.6) is 0 Å². The quantitative estimate of drug-likeness (QED) is 0.784. The van der Waals surface area contributed by atoms with Crippen molar-refractivity contribution in [1.29, 1.82) is 0 Å². The summed E-state index contributed by atoms with van der Waals surface area (Å²) in [4.78, 5) is 3.76.